The lowest BCUT2D eigenvalue weighted by Gasteiger charge is -2.20. The summed E-state index contributed by atoms with van der Waals surface area (Å²) >= 11 is 1.35. The van der Waals surface area contributed by atoms with E-state index in [2.05, 4.69) is 0 Å². The first-order valence-corrected chi connectivity index (χ1v) is 5.65. The molecule has 0 saturated carbocycles. The third kappa shape index (κ3) is 2.28. The van der Waals surface area contributed by atoms with Crippen molar-refractivity contribution in [3.8, 4) is 0 Å². The molecule has 0 aromatic heterocycles. The molecule has 1 nitrogen and oxygen atoms in total. The minimum Gasteiger partial charge on any atom is -0.386 e. The molecule has 14 heavy (non-hydrogen) atoms. The lowest BCUT2D eigenvalue weighted by atomic mass is 9.96. The maximum Gasteiger partial charge on any atom is 0.142 e. The highest BCUT2D eigenvalue weighted by Gasteiger charge is 2.22. The van der Waals surface area contributed by atoms with E-state index in [-0.39, 0.29) is 5.82 Å². The summed E-state index contributed by atoms with van der Waals surface area (Å²) < 4.78 is 13.8. The molecule has 0 fully saturated rings. The summed E-state index contributed by atoms with van der Waals surface area (Å²) in [6.45, 7) is 5.08. The van der Waals surface area contributed by atoms with Crippen LogP contribution in [0.5, 0.6) is 0 Å². The second kappa shape index (κ2) is 3.91. The van der Waals surface area contributed by atoms with Crippen molar-refractivity contribution in [3.05, 3.63) is 29.1 Å². The summed E-state index contributed by atoms with van der Waals surface area (Å²) in [6, 6.07) is 3.48. The van der Waals surface area contributed by atoms with Gasteiger partial charge in [0, 0.05) is 10.5 Å². The van der Waals surface area contributed by atoms with Gasteiger partial charge in [-0.2, -0.15) is 0 Å². The minimum absolute atomic E-state index is 0.310. The molecule has 0 spiro atoms. The fraction of sp³-hybridized carbons (Fsp3) is 0.455. The van der Waals surface area contributed by atoms with Gasteiger partial charge < -0.3 is 5.11 Å². The Morgan fingerprint density at radius 3 is 2.36 bits per heavy atom. The molecule has 0 bridgehead atoms. The topological polar surface area (TPSA) is 20.2 Å². The van der Waals surface area contributed by atoms with Crippen molar-refractivity contribution < 1.29 is 9.50 Å². The van der Waals surface area contributed by atoms with Gasteiger partial charge in [-0.25, -0.2) is 4.39 Å². The van der Waals surface area contributed by atoms with E-state index in [0.29, 0.717) is 10.5 Å². The Labute approximate surface area is 88.3 Å². The van der Waals surface area contributed by atoms with Crippen molar-refractivity contribution in [2.45, 2.75) is 31.3 Å². The first-order chi connectivity index (χ1) is 6.36. The van der Waals surface area contributed by atoms with Crippen LogP contribution in [0.15, 0.2) is 17.0 Å². The van der Waals surface area contributed by atoms with Crippen molar-refractivity contribution in [2.24, 2.45) is 0 Å². The van der Waals surface area contributed by atoms with Gasteiger partial charge in [-0.1, -0.05) is 6.07 Å². The second-order valence-corrected chi connectivity index (χ2v) is 4.74. The maximum absolute atomic E-state index is 13.8. The van der Waals surface area contributed by atoms with Crippen LogP contribution in [-0.2, 0) is 5.60 Å². The first-order valence-electron chi connectivity index (χ1n) is 4.43. The zero-order chi connectivity index (χ0) is 10.9. The van der Waals surface area contributed by atoms with Crippen molar-refractivity contribution in [3.63, 3.8) is 0 Å². The van der Waals surface area contributed by atoms with Gasteiger partial charge in [0.05, 0.1) is 5.60 Å². The number of aryl methyl sites for hydroxylation is 1. The number of aliphatic hydroxyl groups is 1. The molecule has 0 amide bonds. The summed E-state index contributed by atoms with van der Waals surface area (Å²) in [5, 5.41) is 9.76. The number of halogens is 1. The highest BCUT2D eigenvalue weighted by Crippen LogP contribution is 2.30. The van der Waals surface area contributed by atoms with Gasteiger partial charge in [-0.3, -0.25) is 0 Å². The molecule has 0 atom stereocenters. The average Bonchev–Trinajstić information content (AvgIpc) is 2.06. The third-order valence-electron chi connectivity index (χ3n) is 2.06. The van der Waals surface area contributed by atoms with Gasteiger partial charge >= 0.3 is 0 Å². The monoisotopic (exact) mass is 214 g/mol. The predicted octanol–water partition coefficient (Wildman–Crippen LogP) is 3.08. The number of rotatable bonds is 2. The van der Waals surface area contributed by atoms with Gasteiger partial charge in [-0.15, -0.1) is 11.8 Å². The molecular weight excluding hydrogens is 199 g/mol. The smallest absolute Gasteiger partial charge is 0.142 e. The van der Waals surface area contributed by atoms with Crippen LogP contribution in [0.1, 0.15) is 25.0 Å². The zero-order valence-electron chi connectivity index (χ0n) is 8.89. The molecule has 0 saturated heterocycles. The van der Waals surface area contributed by atoms with Crippen LogP contribution in [0.2, 0.25) is 0 Å². The maximum atomic E-state index is 13.8. The Hall–Kier alpha value is -0.540. The Kier molecular flexibility index (Phi) is 3.22. The van der Waals surface area contributed by atoms with Crippen LogP contribution in [0.4, 0.5) is 4.39 Å². The highest BCUT2D eigenvalue weighted by atomic mass is 32.2. The number of benzene rings is 1. The van der Waals surface area contributed by atoms with Gasteiger partial charge in [-0.05, 0) is 38.7 Å². The van der Waals surface area contributed by atoms with E-state index in [1.807, 2.05) is 13.2 Å². The van der Waals surface area contributed by atoms with Crippen LogP contribution >= 0.6 is 11.8 Å². The van der Waals surface area contributed by atoms with Gasteiger partial charge in [0.2, 0.25) is 0 Å². The zero-order valence-corrected chi connectivity index (χ0v) is 9.70. The van der Waals surface area contributed by atoms with Crippen LogP contribution in [0.25, 0.3) is 0 Å². The lowest BCUT2D eigenvalue weighted by molar-refractivity contribution is 0.0739. The van der Waals surface area contributed by atoms with E-state index in [9.17, 15) is 9.50 Å². The van der Waals surface area contributed by atoms with Crippen LogP contribution in [0, 0.1) is 12.7 Å². The molecule has 1 aromatic carbocycles. The Balaban J connectivity index is 3.37. The van der Waals surface area contributed by atoms with Crippen molar-refractivity contribution in [1.82, 2.24) is 0 Å². The molecule has 1 aromatic rings. The number of hydrogen-bond donors (Lipinski definition) is 1. The minimum atomic E-state index is -1.12. The SMILES string of the molecule is CSc1cc(C)cc(C(C)(C)O)c1F. The molecule has 1 N–H and O–H groups in total. The first kappa shape index (κ1) is 11.5. The van der Waals surface area contributed by atoms with Crippen molar-refractivity contribution in [2.75, 3.05) is 6.26 Å². The Morgan fingerprint density at radius 1 is 1.36 bits per heavy atom. The summed E-state index contributed by atoms with van der Waals surface area (Å²) in [6.07, 6.45) is 1.83. The molecular formula is C11H15FOS. The van der Waals surface area contributed by atoms with Gasteiger partial charge in [0.15, 0.2) is 0 Å². The fourth-order valence-electron chi connectivity index (χ4n) is 1.33. The lowest BCUT2D eigenvalue weighted by Crippen LogP contribution is -2.18. The summed E-state index contributed by atoms with van der Waals surface area (Å²) in [5.74, 6) is -0.310. The highest BCUT2D eigenvalue weighted by molar-refractivity contribution is 7.98. The molecule has 3 heteroatoms. The molecule has 0 aliphatic heterocycles. The van der Waals surface area contributed by atoms with Crippen LogP contribution in [0.3, 0.4) is 0 Å². The average molecular weight is 214 g/mol. The van der Waals surface area contributed by atoms with Crippen LogP contribution in [-0.4, -0.2) is 11.4 Å². The van der Waals surface area contributed by atoms with Crippen molar-refractivity contribution >= 4 is 11.8 Å². The van der Waals surface area contributed by atoms with E-state index >= 15 is 0 Å². The van der Waals surface area contributed by atoms with E-state index in [1.165, 1.54) is 11.8 Å². The molecule has 0 heterocycles. The third-order valence-corrected chi connectivity index (χ3v) is 2.80. The molecule has 0 aliphatic carbocycles. The number of hydrogen-bond acceptors (Lipinski definition) is 2. The van der Waals surface area contributed by atoms with E-state index in [1.54, 1.807) is 26.0 Å². The van der Waals surface area contributed by atoms with Gasteiger partial charge in [0.25, 0.3) is 0 Å². The molecule has 0 unspecified atom stereocenters. The summed E-state index contributed by atoms with van der Waals surface area (Å²) in [7, 11) is 0. The van der Waals surface area contributed by atoms with Gasteiger partial charge in [0.1, 0.15) is 5.82 Å². The Bertz CT molecular complexity index is 342. The quantitative estimate of drug-likeness (QED) is 0.763. The second-order valence-electron chi connectivity index (χ2n) is 3.89. The largest absolute Gasteiger partial charge is 0.386 e. The standard InChI is InChI=1S/C11H15FOS/c1-7-5-8(11(2,3)13)10(12)9(6-7)14-4/h5-6,13H,1-4H3. The summed E-state index contributed by atoms with van der Waals surface area (Å²) in [5.41, 5.74) is 0.204. The van der Waals surface area contributed by atoms with Crippen molar-refractivity contribution in [1.29, 1.82) is 0 Å². The fourth-order valence-corrected chi connectivity index (χ4v) is 1.92. The summed E-state index contributed by atoms with van der Waals surface area (Å²) in [4.78, 5) is 0.585. The number of thioether (sulfide) groups is 1. The van der Waals surface area contributed by atoms with Crippen LogP contribution < -0.4 is 0 Å². The van der Waals surface area contributed by atoms with E-state index in [4.69, 9.17) is 0 Å². The van der Waals surface area contributed by atoms with E-state index in [0.717, 1.165) is 5.56 Å². The molecule has 78 valence electrons. The molecule has 0 radical (unpaired) electrons. The van der Waals surface area contributed by atoms with E-state index < -0.39 is 5.60 Å². The molecule has 0 aliphatic rings. The Morgan fingerprint density at radius 2 is 1.93 bits per heavy atom. The normalized spacial score (nSPS) is 11.9. The predicted molar refractivity (Wildman–Crippen MR) is 58.2 cm³/mol. The molecule has 1 rings (SSSR count).